The molecular weight excluding hydrogens is 276 g/mol. The van der Waals surface area contributed by atoms with Gasteiger partial charge in [-0.2, -0.15) is 0 Å². The molecule has 1 N–H and O–H groups in total. The average Bonchev–Trinajstić information content (AvgIpc) is 2.89. The van der Waals surface area contributed by atoms with E-state index in [1.54, 1.807) is 11.3 Å². The van der Waals surface area contributed by atoms with E-state index in [-0.39, 0.29) is 6.10 Å². The minimum atomic E-state index is -0.275. The van der Waals surface area contributed by atoms with Gasteiger partial charge < -0.3 is 5.11 Å². The maximum atomic E-state index is 10.3. The average molecular weight is 296 g/mol. The number of fused-ring (bicyclic) bond motifs is 1. The molecule has 2 aromatic carbocycles. The van der Waals surface area contributed by atoms with Crippen molar-refractivity contribution in [3.8, 4) is 0 Å². The van der Waals surface area contributed by atoms with Crippen molar-refractivity contribution < 1.29 is 5.11 Å². The summed E-state index contributed by atoms with van der Waals surface area (Å²) in [7, 11) is 0. The summed E-state index contributed by atoms with van der Waals surface area (Å²) in [6.07, 6.45) is 2.22. The van der Waals surface area contributed by atoms with Crippen LogP contribution in [0.2, 0.25) is 0 Å². The van der Waals surface area contributed by atoms with Crippen LogP contribution in [0.5, 0.6) is 0 Å². The third kappa shape index (κ3) is 3.52. The largest absolute Gasteiger partial charge is 0.393 e. The summed E-state index contributed by atoms with van der Waals surface area (Å²) in [5, 5.41) is 13.8. The smallest absolute Gasteiger partial charge is 0.0584 e. The second-order valence-corrected chi connectivity index (χ2v) is 6.55. The van der Waals surface area contributed by atoms with Gasteiger partial charge in [0.2, 0.25) is 0 Å². The standard InChI is InChI=1S/C19H20OS/c1-14-5-4-6-15(11-14)9-10-17(20)12-16-13-21-19-8-3-2-7-18(16)19/h2-8,11,13,17,20H,9-10,12H2,1H3. The second kappa shape index (κ2) is 6.42. The molecule has 1 unspecified atom stereocenters. The van der Waals surface area contributed by atoms with E-state index in [9.17, 15) is 5.11 Å². The Morgan fingerprint density at radius 3 is 2.81 bits per heavy atom. The lowest BCUT2D eigenvalue weighted by molar-refractivity contribution is 0.165. The van der Waals surface area contributed by atoms with Crippen molar-refractivity contribution in [1.82, 2.24) is 0 Å². The Morgan fingerprint density at radius 2 is 1.95 bits per heavy atom. The van der Waals surface area contributed by atoms with Crippen LogP contribution < -0.4 is 0 Å². The first-order valence-corrected chi connectivity index (χ1v) is 8.29. The molecule has 0 spiro atoms. The Morgan fingerprint density at radius 1 is 1.10 bits per heavy atom. The van der Waals surface area contributed by atoms with E-state index >= 15 is 0 Å². The van der Waals surface area contributed by atoms with E-state index < -0.39 is 0 Å². The van der Waals surface area contributed by atoms with Crippen LogP contribution in [0, 0.1) is 6.92 Å². The summed E-state index contributed by atoms with van der Waals surface area (Å²) in [5.41, 5.74) is 3.86. The summed E-state index contributed by atoms with van der Waals surface area (Å²) in [4.78, 5) is 0. The predicted octanol–water partition coefficient (Wildman–Crippen LogP) is 4.75. The van der Waals surface area contributed by atoms with E-state index in [1.165, 1.54) is 26.8 Å². The Kier molecular flexibility index (Phi) is 4.37. The highest BCUT2D eigenvalue weighted by Crippen LogP contribution is 2.27. The summed E-state index contributed by atoms with van der Waals surface area (Å²) in [5.74, 6) is 0. The van der Waals surface area contributed by atoms with Gasteiger partial charge in [-0.3, -0.25) is 0 Å². The van der Waals surface area contributed by atoms with Crippen molar-refractivity contribution in [2.75, 3.05) is 0 Å². The van der Waals surface area contributed by atoms with E-state index in [0.717, 1.165) is 19.3 Å². The first kappa shape index (κ1) is 14.3. The van der Waals surface area contributed by atoms with Crippen molar-refractivity contribution in [2.24, 2.45) is 0 Å². The summed E-state index contributed by atoms with van der Waals surface area (Å²) >= 11 is 1.76. The lowest BCUT2D eigenvalue weighted by Gasteiger charge is -2.10. The SMILES string of the molecule is Cc1cccc(CCC(O)Cc2csc3ccccc23)c1. The first-order chi connectivity index (χ1) is 10.2. The van der Waals surface area contributed by atoms with Crippen LogP contribution >= 0.6 is 11.3 Å². The zero-order valence-corrected chi connectivity index (χ0v) is 13.1. The third-order valence-corrected chi connectivity index (χ3v) is 4.88. The van der Waals surface area contributed by atoms with Crippen LogP contribution in [0.25, 0.3) is 10.1 Å². The Hall–Kier alpha value is -1.64. The maximum absolute atomic E-state index is 10.3. The molecule has 3 rings (SSSR count). The number of thiophene rings is 1. The quantitative estimate of drug-likeness (QED) is 0.720. The summed E-state index contributed by atoms with van der Waals surface area (Å²) in [6.45, 7) is 2.11. The number of rotatable bonds is 5. The minimum absolute atomic E-state index is 0.275. The summed E-state index contributed by atoms with van der Waals surface area (Å²) < 4.78 is 1.30. The van der Waals surface area contributed by atoms with Gasteiger partial charge >= 0.3 is 0 Å². The van der Waals surface area contributed by atoms with Crippen molar-refractivity contribution >= 4 is 21.4 Å². The molecule has 0 saturated carbocycles. The molecule has 0 aliphatic carbocycles. The topological polar surface area (TPSA) is 20.2 Å². The molecule has 0 aliphatic heterocycles. The van der Waals surface area contributed by atoms with E-state index in [4.69, 9.17) is 0 Å². The Bertz CT molecular complexity index is 729. The van der Waals surface area contributed by atoms with Gasteiger partial charge in [-0.05, 0) is 54.1 Å². The molecule has 21 heavy (non-hydrogen) atoms. The fraction of sp³-hybridized carbons (Fsp3) is 0.263. The molecule has 0 amide bonds. The fourth-order valence-corrected chi connectivity index (χ4v) is 3.72. The third-order valence-electron chi connectivity index (χ3n) is 3.87. The molecule has 1 atom stereocenters. The van der Waals surface area contributed by atoms with Gasteiger partial charge in [-0.1, -0.05) is 48.0 Å². The van der Waals surface area contributed by atoms with Crippen LogP contribution in [0.4, 0.5) is 0 Å². The van der Waals surface area contributed by atoms with Gasteiger partial charge in [0.15, 0.2) is 0 Å². The highest BCUT2D eigenvalue weighted by atomic mass is 32.1. The molecular formula is C19H20OS. The molecule has 3 aromatic rings. The lowest BCUT2D eigenvalue weighted by Crippen LogP contribution is -2.11. The molecule has 0 bridgehead atoms. The van der Waals surface area contributed by atoms with Crippen LogP contribution in [0.15, 0.2) is 53.9 Å². The highest BCUT2D eigenvalue weighted by Gasteiger charge is 2.10. The van der Waals surface area contributed by atoms with E-state index in [2.05, 4.69) is 60.8 Å². The molecule has 108 valence electrons. The van der Waals surface area contributed by atoms with Crippen LogP contribution in [-0.4, -0.2) is 11.2 Å². The monoisotopic (exact) mass is 296 g/mol. The summed E-state index contributed by atoms with van der Waals surface area (Å²) in [6, 6.07) is 17.0. The molecule has 0 saturated heterocycles. The number of hydrogen-bond acceptors (Lipinski definition) is 2. The van der Waals surface area contributed by atoms with Gasteiger partial charge in [-0.15, -0.1) is 11.3 Å². The molecule has 1 heterocycles. The number of aliphatic hydroxyl groups is 1. The van der Waals surface area contributed by atoms with E-state index in [0.29, 0.717) is 0 Å². The molecule has 0 aliphatic rings. The van der Waals surface area contributed by atoms with Crippen LogP contribution in [0.3, 0.4) is 0 Å². The van der Waals surface area contributed by atoms with Crippen LogP contribution in [-0.2, 0) is 12.8 Å². The number of benzene rings is 2. The lowest BCUT2D eigenvalue weighted by atomic mass is 10.00. The Labute approximate surface area is 129 Å². The second-order valence-electron chi connectivity index (χ2n) is 5.64. The normalized spacial score (nSPS) is 12.7. The van der Waals surface area contributed by atoms with Crippen molar-refractivity contribution in [2.45, 2.75) is 32.3 Å². The number of aliphatic hydroxyl groups excluding tert-OH is 1. The van der Waals surface area contributed by atoms with Crippen LogP contribution in [0.1, 0.15) is 23.1 Å². The zero-order valence-electron chi connectivity index (χ0n) is 12.3. The molecule has 2 heteroatoms. The predicted molar refractivity (Wildman–Crippen MR) is 91.0 cm³/mol. The molecule has 1 nitrogen and oxygen atoms in total. The zero-order chi connectivity index (χ0) is 14.7. The van der Waals surface area contributed by atoms with Crippen molar-refractivity contribution in [1.29, 1.82) is 0 Å². The Balaban J connectivity index is 1.62. The van der Waals surface area contributed by atoms with Gasteiger partial charge in [0.05, 0.1) is 6.10 Å². The van der Waals surface area contributed by atoms with Crippen molar-refractivity contribution in [3.63, 3.8) is 0 Å². The van der Waals surface area contributed by atoms with Gasteiger partial charge in [0.1, 0.15) is 0 Å². The molecule has 1 aromatic heterocycles. The van der Waals surface area contributed by atoms with Gasteiger partial charge in [0, 0.05) is 4.70 Å². The van der Waals surface area contributed by atoms with E-state index in [1.807, 2.05) is 0 Å². The van der Waals surface area contributed by atoms with Gasteiger partial charge in [0.25, 0.3) is 0 Å². The molecule has 0 fully saturated rings. The maximum Gasteiger partial charge on any atom is 0.0584 e. The number of hydrogen-bond donors (Lipinski definition) is 1. The fourth-order valence-electron chi connectivity index (χ4n) is 2.75. The van der Waals surface area contributed by atoms with Gasteiger partial charge in [-0.25, -0.2) is 0 Å². The first-order valence-electron chi connectivity index (χ1n) is 7.41. The minimum Gasteiger partial charge on any atom is -0.393 e. The molecule has 0 radical (unpaired) electrons. The van der Waals surface area contributed by atoms with Crippen molar-refractivity contribution in [3.05, 3.63) is 70.6 Å². The highest BCUT2D eigenvalue weighted by molar-refractivity contribution is 7.17. The number of aryl methyl sites for hydroxylation is 2.